The Hall–Kier alpha value is -3.99. The van der Waals surface area contributed by atoms with Crippen LogP contribution in [0.5, 0.6) is 5.75 Å². The van der Waals surface area contributed by atoms with Crippen molar-refractivity contribution in [3.05, 3.63) is 66.8 Å². The van der Waals surface area contributed by atoms with Crippen LogP contribution in [0.15, 0.2) is 76.8 Å². The van der Waals surface area contributed by atoms with Crippen LogP contribution in [0, 0.1) is 5.92 Å². The van der Waals surface area contributed by atoms with Crippen LogP contribution in [-0.2, 0) is 4.79 Å². The van der Waals surface area contributed by atoms with Gasteiger partial charge in [-0.3, -0.25) is 0 Å². The molecule has 5 N–H and O–H groups in total. The fraction of sp³-hybridized carbons (Fsp3) is 0.367. The zero-order valence-corrected chi connectivity index (χ0v) is 23.3. The first kappa shape index (κ1) is 27.6. The van der Waals surface area contributed by atoms with E-state index in [-0.39, 0.29) is 11.8 Å². The number of anilines is 3. The van der Waals surface area contributed by atoms with Crippen LogP contribution >= 0.6 is 0 Å². The van der Waals surface area contributed by atoms with Crippen molar-refractivity contribution in [2.24, 2.45) is 15.9 Å². The maximum Gasteiger partial charge on any atom is 0.339 e. The van der Waals surface area contributed by atoms with Gasteiger partial charge in [0, 0.05) is 56.5 Å². The maximum atomic E-state index is 12.1. The average molecular weight is 546 g/mol. The molecule has 1 fully saturated rings. The third-order valence-corrected chi connectivity index (χ3v) is 7.49. The Balaban J connectivity index is 1.40. The summed E-state index contributed by atoms with van der Waals surface area (Å²) in [5.41, 5.74) is 4.81. The SMILES string of the molecule is C=CC(=O)[NH2+]c1ccccc1NC1=NC(Nc2ccc(N3CCN(C)CC3)cc2OC)=NCC1C1=CC[OH+]CC1. The third kappa shape index (κ3) is 6.59. The highest BCUT2D eigenvalue weighted by atomic mass is 16.5. The Labute approximate surface area is 235 Å². The number of hydrogen-bond donors (Lipinski definition) is 3. The van der Waals surface area contributed by atoms with E-state index in [2.05, 4.69) is 57.0 Å². The molecule has 3 aliphatic heterocycles. The molecule has 3 heterocycles. The van der Waals surface area contributed by atoms with Gasteiger partial charge in [0.05, 0.1) is 25.3 Å². The number of nitrogens with one attached hydrogen (secondary N) is 2. The number of nitrogens with two attached hydrogens (primary N) is 1. The fourth-order valence-electron chi connectivity index (χ4n) is 5.12. The van der Waals surface area contributed by atoms with Gasteiger partial charge in [-0.1, -0.05) is 18.7 Å². The summed E-state index contributed by atoms with van der Waals surface area (Å²) in [7, 11) is 3.84. The second-order valence-electron chi connectivity index (χ2n) is 10.1. The van der Waals surface area contributed by atoms with Crippen molar-refractivity contribution in [1.82, 2.24) is 4.90 Å². The van der Waals surface area contributed by atoms with Gasteiger partial charge >= 0.3 is 5.91 Å². The lowest BCUT2D eigenvalue weighted by atomic mass is 9.93. The highest BCUT2D eigenvalue weighted by Crippen LogP contribution is 2.31. The number of guanidine groups is 1. The zero-order chi connectivity index (χ0) is 27.9. The summed E-state index contributed by atoms with van der Waals surface area (Å²) in [6.45, 7) is 9.72. The number of rotatable bonds is 7. The minimum atomic E-state index is -0.149. The van der Waals surface area contributed by atoms with Crippen molar-refractivity contribution in [3.63, 3.8) is 0 Å². The number of piperazine rings is 1. The number of ether oxygens (including phenoxy) is 2. The fourth-order valence-corrected chi connectivity index (χ4v) is 5.12. The number of carbonyl (C=O) groups excluding carboxylic acids is 1. The highest BCUT2D eigenvalue weighted by Gasteiger charge is 2.28. The molecule has 10 heteroatoms. The van der Waals surface area contributed by atoms with E-state index in [1.54, 1.807) is 12.4 Å². The van der Waals surface area contributed by atoms with Gasteiger partial charge in [-0.2, -0.15) is 4.99 Å². The van der Waals surface area contributed by atoms with E-state index in [9.17, 15) is 4.79 Å². The normalized spacial score (nSPS) is 19.7. The molecule has 1 unspecified atom stereocenters. The first-order valence-electron chi connectivity index (χ1n) is 13.7. The summed E-state index contributed by atoms with van der Waals surface area (Å²) >= 11 is 0. The molecular formula is C30H39N7O3+2. The quantitative estimate of drug-likeness (QED) is 0.213. The molecule has 1 atom stereocenters. The monoisotopic (exact) mass is 545 g/mol. The third-order valence-electron chi connectivity index (χ3n) is 7.49. The van der Waals surface area contributed by atoms with Crippen molar-refractivity contribution in [2.45, 2.75) is 6.42 Å². The molecule has 1 saturated heterocycles. The van der Waals surface area contributed by atoms with Crippen LogP contribution in [0.25, 0.3) is 0 Å². The molecule has 40 heavy (non-hydrogen) atoms. The molecule has 2 aromatic carbocycles. The van der Waals surface area contributed by atoms with Crippen molar-refractivity contribution in [3.8, 4) is 5.75 Å². The number of nitrogens with zero attached hydrogens (tertiary/aromatic N) is 4. The molecule has 2 aromatic rings. The van der Waals surface area contributed by atoms with Crippen LogP contribution in [0.1, 0.15) is 6.42 Å². The van der Waals surface area contributed by atoms with Crippen LogP contribution in [0.2, 0.25) is 0 Å². The summed E-state index contributed by atoms with van der Waals surface area (Å²) in [6, 6.07) is 13.9. The average Bonchev–Trinajstić information content (AvgIpc) is 2.99. The van der Waals surface area contributed by atoms with Crippen molar-refractivity contribution in [1.29, 1.82) is 0 Å². The van der Waals surface area contributed by atoms with Gasteiger partial charge in [0.15, 0.2) is 12.3 Å². The number of primary amides is 1. The Kier molecular flexibility index (Phi) is 8.90. The molecule has 0 spiro atoms. The number of quaternary nitrogens is 1. The Bertz CT molecular complexity index is 1330. The van der Waals surface area contributed by atoms with E-state index >= 15 is 0 Å². The maximum absolute atomic E-state index is 12.1. The van der Waals surface area contributed by atoms with Gasteiger partial charge in [-0.05, 0) is 36.9 Å². The minimum Gasteiger partial charge on any atom is -0.494 e. The van der Waals surface area contributed by atoms with E-state index in [4.69, 9.17) is 14.7 Å². The Morgan fingerprint density at radius 3 is 2.73 bits per heavy atom. The minimum absolute atomic E-state index is 0.00529. The number of amides is 1. The standard InChI is InChI=1S/C30H37N7O3/c1-4-28(38)32-24-7-5-6-8-25(24)33-29-23(21-11-17-40-18-12-21)20-31-30(35-29)34-26-10-9-22(19-27(26)39-3)37-15-13-36(2)14-16-37/h4-11,19,23H,1,12-18,20H2,2-3H3,(H,32,38)(H2,31,33,34,35)/p+2. The summed E-state index contributed by atoms with van der Waals surface area (Å²) in [5, 5.41) is 8.49. The number of amidine groups is 1. The number of hydrogen-bond acceptors (Lipinski definition) is 8. The first-order valence-corrected chi connectivity index (χ1v) is 13.7. The molecule has 0 aliphatic carbocycles. The first-order chi connectivity index (χ1) is 19.5. The van der Waals surface area contributed by atoms with E-state index < -0.39 is 0 Å². The molecule has 1 amide bonds. The summed E-state index contributed by atoms with van der Waals surface area (Å²) in [4.78, 5) is 26.6. The molecule has 210 valence electrons. The predicted molar refractivity (Wildman–Crippen MR) is 161 cm³/mol. The van der Waals surface area contributed by atoms with Crippen LogP contribution in [-0.4, -0.2) is 87.4 Å². The van der Waals surface area contributed by atoms with Crippen LogP contribution < -0.4 is 25.6 Å². The number of aliphatic imine (C=N–C) groups is 2. The number of para-hydroxylation sites is 2. The number of carbonyl (C=O) groups is 1. The lowest BCUT2D eigenvalue weighted by molar-refractivity contribution is -0.477. The number of benzene rings is 2. The topological polar surface area (TPSA) is 111 Å². The molecule has 0 saturated carbocycles. The van der Waals surface area contributed by atoms with Gasteiger partial charge in [-0.25, -0.2) is 15.1 Å². The number of methoxy groups -OCH3 is 1. The molecular weight excluding hydrogens is 506 g/mol. The van der Waals surface area contributed by atoms with E-state index in [0.717, 1.165) is 73.5 Å². The lowest BCUT2D eigenvalue weighted by Gasteiger charge is -2.34. The predicted octanol–water partition coefficient (Wildman–Crippen LogP) is 2.12. The Morgan fingerprint density at radius 2 is 1.98 bits per heavy atom. The van der Waals surface area contributed by atoms with Gasteiger partial charge in [0.1, 0.15) is 23.9 Å². The zero-order valence-electron chi connectivity index (χ0n) is 23.3. The smallest absolute Gasteiger partial charge is 0.339 e. The molecule has 10 nitrogen and oxygen atoms in total. The lowest BCUT2D eigenvalue weighted by Crippen LogP contribution is -2.81. The van der Waals surface area contributed by atoms with Crippen molar-refractivity contribution < 1.29 is 19.6 Å². The molecule has 3 aliphatic rings. The molecule has 0 radical (unpaired) electrons. The van der Waals surface area contributed by atoms with E-state index in [1.165, 1.54) is 11.6 Å². The van der Waals surface area contributed by atoms with Gasteiger partial charge in [0.25, 0.3) is 0 Å². The molecule has 0 aromatic heterocycles. The largest absolute Gasteiger partial charge is 0.494 e. The summed E-state index contributed by atoms with van der Waals surface area (Å²) in [6.07, 6.45) is 4.37. The number of likely N-dealkylation sites (N-methyl/N-ethyl adjacent to an activating group) is 1. The summed E-state index contributed by atoms with van der Waals surface area (Å²) in [5.74, 6) is 1.89. The second-order valence-corrected chi connectivity index (χ2v) is 10.1. The van der Waals surface area contributed by atoms with Gasteiger partial charge < -0.3 is 29.9 Å². The number of aliphatic hydroxyl groups is 2. The molecule has 0 bridgehead atoms. The molecule has 5 rings (SSSR count). The summed E-state index contributed by atoms with van der Waals surface area (Å²) < 4.78 is 10.2. The van der Waals surface area contributed by atoms with Crippen molar-refractivity contribution >= 4 is 40.5 Å². The van der Waals surface area contributed by atoms with E-state index in [1.807, 2.05) is 30.3 Å². The Morgan fingerprint density at radius 1 is 1.15 bits per heavy atom. The second kappa shape index (κ2) is 12.9. The van der Waals surface area contributed by atoms with Crippen LogP contribution in [0.3, 0.4) is 0 Å². The highest BCUT2D eigenvalue weighted by molar-refractivity contribution is 6.11. The van der Waals surface area contributed by atoms with Crippen molar-refractivity contribution in [2.75, 3.05) is 75.6 Å². The van der Waals surface area contributed by atoms with Gasteiger partial charge in [-0.15, -0.1) is 0 Å². The van der Waals surface area contributed by atoms with E-state index in [0.29, 0.717) is 19.1 Å². The van der Waals surface area contributed by atoms with Crippen LogP contribution in [0.4, 0.5) is 22.7 Å². The van der Waals surface area contributed by atoms with Gasteiger partial charge in [0.2, 0.25) is 5.96 Å².